The van der Waals surface area contributed by atoms with E-state index in [1.54, 1.807) is 25.4 Å². The van der Waals surface area contributed by atoms with Crippen molar-refractivity contribution in [2.24, 2.45) is 0 Å². The van der Waals surface area contributed by atoms with Crippen molar-refractivity contribution in [1.29, 1.82) is 0 Å². The number of amides is 1. The third kappa shape index (κ3) is 3.05. The van der Waals surface area contributed by atoms with E-state index >= 15 is 0 Å². The molecule has 2 atom stereocenters. The first kappa shape index (κ1) is 18.2. The lowest BCUT2D eigenvalue weighted by Gasteiger charge is -2.41. The monoisotopic (exact) mass is 377 g/mol. The van der Waals surface area contributed by atoms with Crippen molar-refractivity contribution in [3.05, 3.63) is 76.3 Å². The van der Waals surface area contributed by atoms with Gasteiger partial charge in [-0.15, -0.1) is 0 Å². The number of likely N-dealkylation sites (tertiary alicyclic amines) is 1. The summed E-state index contributed by atoms with van der Waals surface area (Å²) in [4.78, 5) is 32.6. The number of fused-ring (bicyclic) bond motifs is 1. The van der Waals surface area contributed by atoms with Crippen molar-refractivity contribution in [2.75, 3.05) is 7.11 Å². The van der Waals surface area contributed by atoms with Crippen molar-refractivity contribution in [1.82, 2.24) is 14.3 Å². The zero-order valence-corrected chi connectivity index (χ0v) is 16.0. The van der Waals surface area contributed by atoms with Crippen molar-refractivity contribution >= 4 is 11.6 Å². The number of nitrogens with zero attached hydrogens (tertiary/aromatic N) is 3. The van der Waals surface area contributed by atoms with Crippen LogP contribution in [0.4, 0.5) is 0 Å². The zero-order chi connectivity index (χ0) is 19.7. The fourth-order valence-electron chi connectivity index (χ4n) is 4.09. The SMILES string of the molecule is COc1ccccc1[C@H]1CCC[C@@H](C)N1C(=O)c1cnc2ccccn2c1=O. The molecule has 0 spiro atoms. The van der Waals surface area contributed by atoms with E-state index in [-0.39, 0.29) is 29.1 Å². The van der Waals surface area contributed by atoms with Crippen LogP contribution in [0.25, 0.3) is 5.65 Å². The number of ether oxygens (including phenoxy) is 1. The average molecular weight is 377 g/mol. The van der Waals surface area contributed by atoms with Gasteiger partial charge in [-0.3, -0.25) is 14.0 Å². The van der Waals surface area contributed by atoms with Crippen LogP contribution in [-0.4, -0.2) is 33.3 Å². The van der Waals surface area contributed by atoms with Gasteiger partial charge in [0.05, 0.1) is 13.2 Å². The number of rotatable bonds is 3. The maximum absolute atomic E-state index is 13.5. The Hall–Kier alpha value is -3.15. The van der Waals surface area contributed by atoms with E-state index < -0.39 is 0 Å². The number of piperidine rings is 1. The molecular formula is C22H23N3O3. The molecule has 3 aromatic rings. The summed E-state index contributed by atoms with van der Waals surface area (Å²) in [5.41, 5.74) is 1.25. The molecule has 0 N–H and O–H groups in total. The molecule has 0 aliphatic carbocycles. The number of carbonyl (C=O) groups is 1. The smallest absolute Gasteiger partial charge is 0.270 e. The molecule has 1 saturated heterocycles. The van der Waals surface area contributed by atoms with Gasteiger partial charge in [-0.1, -0.05) is 24.3 Å². The Kier molecular flexibility index (Phi) is 4.86. The summed E-state index contributed by atoms with van der Waals surface area (Å²) in [5, 5.41) is 0. The minimum atomic E-state index is -0.341. The summed E-state index contributed by atoms with van der Waals surface area (Å²) in [6.07, 6.45) is 5.79. The molecule has 144 valence electrons. The Morgan fingerprint density at radius 3 is 2.75 bits per heavy atom. The van der Waals surface area contributed by atoms with Gasteiger partial charge in [-0.25, -0.2) is 4.98 Å². The summed E-state index contributed by atoms with van der Waals surface area (Å²) in [7, 11) is 1.64. The van der Waals surface area contributed by atoms with E-state index in [9.17, 15) is 9.59 Å². The first-order valence-electron chi connectivity index (χ1n) is 9.54. The average Bonchev–Trinajstić information content (AvgIpc) is 2.73. The number of para-hydroxylation sites is 1. The Bertz CT molecular complexity index is 1080. The highest BCUT2D eigenvalue weighted by Crippen LogP contribution is 2.39. The molecule has 1 aromatic carbocycles. The second-order valence-electron chi connectivity index (χ2n) is 7.16. The van der Waals surface area contributed by atoms with Crippen LogP contribution >= 0.6 is 0 Å². The van der Waals surface area contributed by atoms with Crippen LogP contribution in [0.5, 0.6) is 5.75 Å². The molecule has 3 heterocycles. The third-order valence-corrected chi connectivity index (χ3v) is 5.49. The predicted molar refractivity (Wildman–Crippen MR) is 107 cm³/mol. The van der Waals surface area contributed by atoms with Crippen LogP contribution in [0.1, 0.15) is 48.1 Å². The number of aromatic nitrogens is 2. The first-order valence-corrected chi connectivity index (χ1v) is 9.54. The highest BCUT2D eigenvalue weighted by atomic mass is 16.5. The topological polar surface area (TPSA) is 63.9 Å². The lowest BCUT2D eigenvalue weighted by atomic mass is 9.90. The first-order chi connectivity index (χ1) is 13.6. The molecule has 28 heavy (non-hydrogen) atoms. The third-order valence-electron chi connectivity index (χ3n) is 5.49. The van der Waals surface area contributed by atoms with E-state index in [4.69, 9.17) is 4.74 Å². The van der Waals surface area contributed by atoms with Gasteiger partial charge in [0.2, 0.25) is 0 Å². The number of pyridine rings is 1. The summed E-state index contributed by atoms with van der Waals surface area (Å²) in [6.45, 7) is 2.03. The van der Waals surface area contributed by atoms with E-state index in [0.29, 0.717) is 5.65 Å². The van der Waals surface area contributed by atoms with Crippen LogP contribution in [-0.2, 0) is 0 Å². The van der Waals surface area contributed by atoms with Gasteiger partial charge in [-0.2, -0.15) is 0 Å². The number of carbonyl (C=O) groups excluding carboxylic acids is 1. The highest BCUT2D eigenvalue weighted by molar-refractivity contribution is 5.94. The second-order valence-corrected chi connectivity index (χ2v) is 7.16. The zero-order valence-electron chi connectivity index (χ0n) is 16.0. The lowest BCUT2D eigenvalue weighted by molar-refractivity contribution is 0.0470. The van der Waals surface area contributed by atoms with Crippen LogP contribution in [0, 0.1) is 0 Å². The molecule has 6 nitrogen and oxygen atoms in total. The summed E-state index contributed by atoms with van der Waals surface area (Å²) >= 11 is 0. The van der Waals surface area contributed by atoms with Crippen LogP contribution in [0.15, 0.2) is 59.7 Å². The molecule has 0 saturated carbocycles. The van der Waals surface area contributed by atoms with Gasteiger partial charge in [-0.05, 0) is 44.4 Å². The van der Waals surface area contributed by atoms with Crippen molar-refractivity contribution in [3.8, 4) is 5.75 Å². The molecule has 6 heteroatoms. The Morgan fingerprint density at radius 1 is 1.14 bits per heavy atom. The van der Waals surface area contributed by atoms with Crippen LogP contribution < -0.4 is 10.3 Å². The molecule has 1 aliphatic rings. The number of benzene rings is 1. The molecule has 1 aliphatic heterocycles. The minimum Gasteiger partial charge on any atom is -0.496 e. The maximum Gasteiger partial charge on any atom is 0.270 e. The maximum atomic E-state index is 13.5. The van der Waals surface area contributed by atoms with Gasteiger partial charge in [0.25, 0.3) is 11.5 Å². The van der Waals surface area contributed by atoms with Gasteiger partial charge < -0.3 is 9.64 Å². The Morgan fingerprint density at radius 2 is 1.93 bits per heavy atom. The van der Waals surface area contributed by atoms with E-state index in [1.165, 1.54) is 10.6 Å². The second kappa shape index (κ2) is 7.46. The number of hydrogen-bond donors (Lipinski definition) is 0. The lowest BCUT2D eigenvalue weighted by Crippen LogP contribution is -2.46. The predicted octanol–water partition coefficient (Wildman–Crippen LogP) is 3.46. The fraction of sp³-hybridized carbons (Fsp3) is 0.318. The van der Waals surface area contributed by atoms with Crippen LogP contribution in [0.3, 0.4) is 0 Å². The van der Waals surface area contributed by atoms with E-state index in [1.807, 2.05) is 42.2 Å². The molecule has 4 rings (SSSR count). The number of hydrogen-bond acceptors (Lipinski definition) is 4. The van der Waals surface area contributed by atoms with Crippen molar-refractivity contribution < 1.29 is 9.53 Å². The van der Waals surface area contributed by atoms with Crippen molar-refractivity contribution in [3.63, 3.8) is 0 Å². The normalized spacial score (nSPS) is 19.6. The highest BCUT2D eigenvalue weighted by Gasteiger charge is 2.35. The molecule has 0 unspecified atom stereocenters. The van der Waals surface area contributed by atoms with Gasteiger partial charge in [0.1, 0.15) is 17.0 Å². The standard InChI is InChI=1S/C22H23N3O3/c1-15-8-7-10-18(16-9-3-4-11-19(16)28-2)25(15)22(27)17-14-23-20-12-5-6-13-24(20)21(17)26/h3-6,9,11-15,18H,7-8,10H2,1-2H3/t15-,18-/m1/s1. The summed E-state index contributed by atoms with van der Waals surface area (Å²) < 4.78 is 6.95. The largest absolute Gasteiger partial charge is 0.496 e. The molecular weight excluding hydrogens is 354 g/mol. The number of methoxy groups -OCH3 is 1. The molecule has 1 amide bonds. The molecule has 0 radical (unpaired) electrons. The quantitative estimate of drug-likeness (QED) is 0.701. The Labute approximate surface area is 163 Å². The molecule has 1 fully saturated rings. The minimum absolute atomic E-state index is 0.0204. The fourth-order valence-corrected chi connectivity index (χ4v) is 4.09. The van der Waals surface area contributed by atoms with Crippen LogP contribution in [0.2, 0.25) is 0 Å². The van der Waals surface area contributed by atoms with E-state index in [0.717, 1.165) is 30.6 Å². The van der Waals surface area contributed by atoms with E-state index in [2.05, 4.69) is 4.98 Å². The summed E-state index contributed by atoms with van der Waals surface area (Å²) in [6, 6.07) is 13.0. The Balaban J connectivity index is 1.79. The summed E-state index contributed by atoms with van der Waals surface area (Å²) in [5.74, 6) is 0.478. The molecule has 2 aromatic heterocycles. The van der Waals surface area contributed by atoms with Gasteiger partial charge in [0, 0.05) is 24.0 Å². The van der Waals surface area contributed by atoms with Gasteiger partial charge >= 0.3 is 0 Å². The van der Waals surface area contributed by atoms with Crippen molar-refractivity contribution in [2.45, 2.75) is 38.3 Å². The van der Waals surface area contributed by atoms with Gasteiger partial charge in [0.15, 0.2) is 0 Å². The molecule has 0 bridgehead atoms.